The predicted molar refractivity (Wildman–Crippen MR) is 63.0 cm³/mol. The minimum Gasteiger partial charge on any atom is -0.384 e. The Morgan fingerprint density at radius 3 is 2.81 bits per heavy atom. The molecule has 3 N–H and O–H groups in total. The fraction of sp³-hybridized carbons (Fsp3) is 0.500. The zero-order valence-electron chi connectivity index (χ0n) is 9.60. The number of carbonyl (C=O) groups excluding carboxylic acids is 1. The standard InChI is InChI=1S/C10H17N5O/c1-3-12-10(16)6-15(4-2)9-5-8(11)13-7-14-9/h5,7H,3-4,6H2,1-2H3,(H,12,16)(H2,11,13,14). The van der Waals surface area contributed by atoms with Crippen LogP contribution in [0.25, 0.3) is 0 Å². The van der Waals surface area contributed by atoms with E-state index in [0.29, 0.717) is 24.7 Å². The van der Waals surface area contributed by atoms with Crippen LogP contribution < -0.4 is 16.0 Å². The summed E-state index contributed by atoms with van der Waals surface area (Å²) in [4.78, 5) is 21.2. The molecule has 0 fully saturated rings. The first kappa shape index (κ1) is 12.2. The molecule has 0 saturated heterocycles. The number of nitrogens with zero attached hydrogens (tertiary/aromatic N) is 3. The van der Waals surface area contributed by atoms with Gasteiger partial charge in [0.25, 0.3) is 0 Å². The Kier molecular flexibility index (Phi) is 4.50. The fourth-order valence-corrected chi connectivity index (χ4v) is 1.32. The maximum absolute atomic E-state index is 11.4. The van der Waals surface area contributed by atoms with E-state index in [-0.39, 0.29) is 12.5 Å². The van der Waals surface area contributed by atoms with Crippen molar-refractivity contribution in [2.45, 2.75) is 13.8 Å². The van der Waals surface area contributed by atoms with Gasteiger partial charge in [0.2, 0.25) is 5.91 Å². The first-order valence-corrected chi connectivity index (χ1v) is 5.26. The van der Waals surface area contributed by atoms with Crippen LogP contribution in [0.5, 0.6) is 0 Å². The molecule has 6 heteroatoms. The number of likely N-dealkylation sites (N-methyl/N-ethyl adjacent to an activating group) is 2. The van der Waals surface area contributed by atoms with Gasteiger partial charge in [-0.15, -0.1) is 0 Å². The van der Waals surface area contributed by atoms with E-state index in [1.165, 1.54) is 6.33 Å². The molecule has 1 rings (SSSR count). The third kappa shape index (κ3) is 3.38. The zero-order valence-corrected chi connectivity index (χ0v) is 9.60. The summed E-state index contributed by atoms with van der Waals surface area (Å²) in [5, 5.41) is 2.74. The highest BCUT2D eigenvalue weighted by Crippen LogP contribution is 2.10. The number of amides is 1. The normalized spacial score (nSPS) is 9.88. The van der Waals surface area contributed by atoms with Crippen LogP contribution >= 0.6 is 0 Å². The Morgan fingerprint density at radius 2 is 2.25 bits per heavy atom. The maximum Gasteiger partial charge on any atom is 0.239 e. The first-order chi connectivity index (χ1) is 7.67. The van der Waals surface area contributed by atoms with Gasteiger partial charge in [-0.2, -0.15) is 0 Å². The van der Waals surface area contributed by atoms with Crippen LogP contribution in [-0.4, -0.2) is 35.5 Å². The molecule has 1 heterocycles. The van der Waals surface area contributed by atoms with Gasteiger partial charge >= 0.3 is 0 Å². The molecular weight excluding hydrogens is 206 g/mol. The lowest BCUT2D eigenvalue weighted by atomic mass is 10.4. The SMILES string of the molecule is CCNC(=O)CN(CC)c1cc(N)ncn1. The van der Waals surface area contributed by atoms with E-state index >= 15 is 0 Å². The summed E-state index contributed by atoms with van der Waals surface area (Å²) in [6.45, 7) is 5.44. The summed E-state index contributed by atoms with van der Waals surface area (Å²) in [5.74, 6) is 1.04. The van der Waals surface area contributed by atoms with Crippen molar-refractivity contribution in [3.05, 3.63) is 12.4 Å². The highest BCUT2D eigenvalue weighted by atomic mass is 16.2. The Morgan fingerprint density at radius 1 is 1.50 bits per heavy atom. The third-order valence-corrected chi connectivity index (χ3v) is 2.09. The molecule has 0 saturated carbocycles. The summed E-state index contributed by atoms with van der Waals surface area (Å²) >= 11 is 0. The van der Waals surface area contributed by atoms with Crippen LogP contribution in [0.3, 0.4) is 0 Å². The van der Waals surface area contributed by atoms with E-state index in [0.717, 1.165) is 0 Å². The monoisotopic (exact) mass is 223 g/mol. The van der Waals surface area contributed by atoms with Crippen LogP contribution in [0.1, 0.15) is 13.8 Å². The molecular formula is C10H17N5O. The first-order valence-electron chi connectivity index (χ1n) is 5.26. The highest BCUT2D eigenvalue weighted by Gasteiger charge is 2.10. The van der Waals surface area contributed by atoms with Crippen molar-refractivity contribution in [1.29, 1.82) is 0 Å². The summed E-state index contributed by atoms with van der Waals surface area (Å²) < 4.78 is 0. The summed E-state index contributed by atoms with van der Waals surface area (Å²) in [6.07, 6.45) is 1.39. The lowest BCUT2D eigenvalue weighted by Crippen LogP contribution is -2.37. The molecule has 0 aliphatic heterocycles. The van der Waals surface area contributed by atoms with Crippen LogP contribution in [-0.2, 0) is 4.79 Å². The predicted octanol–water partition coefficient (Wildman–Crippen LogP) is 0.0212. The van der Waals surface area contributed by atoms with Crippen molar-refractivity contribution in [1.82, 2.24) is 15.3 Å². The molecule has 0 aliphatic rings. The topological polar surface area (TPSA) is 84.1 Å². The van der Waals surface area contributed by atoms with E-state index < -0.39 is 0 Å². The molecule has 0 aliphatic carbocycles. The Bertz CT molecular complexity index is 355. The molecule has 0 spiro atoms. The van der Waals surface area contributed by atoms with E-state index in [2.05, 4.69) is 15.3 Å². The van der Waals surface area contributed by atoms with Crippen molar-refractivity contribution < 1.29 is 4.79 Å². The lowest BCUT2D eigenvalue weighted by Gasteiger charge is -2.20. The van der Waals surface area contributed by atoms with Gasteiger partial charge in [-0.3, -0.25) is 4.79 Å². The molecule has 0 unspecified atom stereocenters. The zero-order chi connectivity index (χ0) is 12.0. The molecule has 0 bridgehead atoms. The van der Waals surface area contributed by atoms with Gasteiger partial charge in [0, 0.05) is 19.2 Å². The Balaban J connectivity index is 2.70. The van der Waals surface area contributed by atoms with E-state index in [4.69, 9.17) is 5.73 Å². The second kappa shape index (κ2) is 5.89. The number of anilines is 2. The van der Waals surface area contributed by atoms with Gasteiger partial charge in [0.05, 0.1) is 6.54 Å². The average Bonchev–Trinajstić information content (AvgIpc) is 2.26. The second-order valence-corrected chi connectivity index (χ2v) is 3.27. The average molecular weight is 223 g/mol. The Hall–Kier alpha value is -1.85. The van der Waals surface area contributed by atoms with E-state index in [1.54, 1.807) is 6.07 Å². The molecule has 0 radical (unpaired) electrons. The molecule has 6 nitrogen and oxygen atoms in total. The van der Waals surface area contributed by atoms with Crippen molar-refractivity contribution in [3.63, 3.8) is 0 Å². The van der Waals surface area contributed by atoms with Gasteiger partial charge in [0.15, 0.2) is 0 Å². The number of hydrogen-bond donors (Lipinski definition) is 2. The minimum atomic E-state index is -0.0264. The smallest absolute Gasteiger partial charge is 0.239 e. The van der Waals surface area contributed by atoms with Crippen molar-refractivity contribution >= 4 is 17.5 Å². The summed E-state index contributed by atoms with van der Waals surface area (Å²) in [7, 11) is 0. The number of aromatic nitrogens is 2. The second-order valence-electron chi connectivity index (χ2n) is 3.27. The van der Waals surface area contributed by atoms with Crippen LogP contribution in [0.4, 0.5) is 11.6 Å². The minimum absolute atomic E-state index is 0.0264. The third-order valence-electron chi connectivity index (χ3n) is 2.09. The number of nitrogens with one attached hydrogen (secondary N) is 1. The quantitative estimate of drug-likeness (QED) is 0.735. The fourth-order valence-electron chi connectivity index (χ4n) is 1.32. The van der Waals surface area contributed by atoms with Crippen LogP contribution in [0, 0.1) is 0 Å². The van der Waals surface area contributed by atoms with E-state index in [9.17, 15) is 4.79 Å². The number of nitrogen functional groups attached to an aromatic ring is 1. The van der Waals surface area contributed by atoms with Crippen molar-refractivity contribution in [2.24, 2.45) is 0 Å². The van der Waals surface area contributed by atoms with Gasteiger partial charge in [-0.05, 0) is 13.8 Å². The number of rotatable bonds is 5. The molecule has 16 heavy (non-hydrogen) atoms. The number of hydrogen-bond acceptors (Lipinski definition) is 5. The van der Waals surface area contributed by atoms with Gasteiger partial charge < -0.3 is 16.0 Å². The summed E-state index contributed by atoms with van der Waals surface area (Å²) in [6, 6.07) is 1.66. The molecule has 0 atom stereocenters. The summed E-state index contributed by atoms with van der Waals surface area (Å²) in [5.41, 5.74) is 5.56. The number of nitrogens with two attached hydrogens (primary N) is 1. The Labute approximate surface area is 94.9 Å². The maximum atomic E-state index is 11.4. The lowest BCUT2D eigenvalue weighted by molar-refractivity contribution is -0.119. The van der Waals surface area contributed by atoms with Gasteiger partial charge in [0.1, 0.15) is 18.0 Å². The van der Waals surface area contributed by atoms with Gasteiger partial charge in [-0.25, -0.2) is 9.97 Å². The molecule has 0 aromatic carbocycles. The molecule has 1 aromatic rings. The van der Waals surface area contributed by atoms with Gasteiger partial charge in [-0.1, -0.05) is 0 Å². The largest absolute Gasteiger partial charge is 0.384 e. The molecule has 88 valence electrons. The number of carbonyl (C=O) groups is 1. The van der Waals surface area contributed by atoms with Crippen LogP contribution in [0.2, 0.25) is 0 Å². The van der Waals surface area contributed by atoms with Crippen LogP contribution in [0.15, 0.2) is 12.4 Å². The molecule has 1 aromatic heterocycles. The molecule has 1 amide bonds. The highest BCUT2D eigenvalue weighted by molar-refractivity contribution is 5.81. The van der Waals surface area contributed by atoms with E-state index in [1.807, 2.05) is 18.7 Å². The van der Waals surface area contributed by atoms with Crippen molar-refractivity contribution in [2.75, 3.05) is 30.3 Å². The van der Waals surface area contributed by atoms with Crippen molar-refractivity contribution in [3.8, 4) is 0 Å².